The van der Waals surface area contributed by atoms with Crippen LogP contribution in [0.5, 0.6) is 0 Å². The Morgan fingerprint density at radius 2 is 1.56 bits per heavy atom. The number of halogens is 6. The molecular weight excluding hydrogens is 352 g/mol. The van der Waals surface area contributed by atoms with Crippen LogP contribution in [0.2, 0.25) is 0 Å². The van der Waals surface area contributed by atoms with Crippen LogP contribution in [0.15, 0.2) is 18.2 Å². The molecule has 0 aromatic heterocycles. The van der Waals surface area contributed by atoms with Gasteiger partial charge in [-0.3, -0.25) is 4.79 Å². The highest BCUT2D eigenvalue weighted by atomic mass is 19.4. The fourth-order valence-electron chi connectivity index (χ4n) is 2.69. The van der Waals surface area contributed by atoms with E-state index in [4.69, 9.17) is 10.8 Å². The average Bonchev–Trinajstić information content (AvgIpc) is 2.42. The molecule has 0 fully saturated rings. The second-order valence-electron chi connectivity index (χ2n) is 6.40. The minimum Gasteiger partial charge on any atom is -0.480 e. The molecule has 9 heteroatoms. The van der Waals surface area contributed by atoms with Crippen LogP contribution >= 0.6 is 0 Å². The number of nitrogens with two attached hydrogens (primary N) is 1. The predicted octanol–water partition coefficient (Wildman–Crippen LogP) is 4.49. The van der Waals surface area contributed by atoms with Gasteiger partial charge in [-0.1, -0.05) is 13.0 Å². The molecule has 1 rings (SSSR count). The summed E-state index contributed by atoms with van der Waals surface area (Å²) in [7, 11) is 0. The Hall–Kier alpha value is -1.77. The molecule has 0 bridgehead atoms. The smallest absolute Gasteiger partial charge is 0.416 e. The summed E-state index contributed by atoms with van der Waals surface area (Å²) in [5, 5.41) is 8.95. The molecule has 0 saturated heterocycles. The molecule has 0 aliphatic carbocycles. The molecule has 1 aromatic rings. The van der Waals surface area contributed by atoms with E-state index >= 15 is 0 Å². The van der Waals surface area contributed by atoms with Crippen molar-refractivity contribution < 1.29 is 36.2 Å². The van der Waals surface area contributed by atoms with E-state index in [1.54, 1.807) is 0 Å². The first-order valence-corrected chi connectivity index (χ1v) is 7.45. The molecule has 2 atom stereocenters. The van der Waals surface area contributed by atoms with Crippen molar-refractivity contribution in [3.63, 3.8) is 0 Å². The van der Waals surface area contributed by atoms with Crippen molar-refractivity contribution in [2.24, 2.45) is 11.7 Å². The zero-order valence-electron chi connectivity index (χ0n) is 13.6. The van der Waals surface area contributed by atoms with Gasteiger partial charge in [0.05, 0.1) is 11.1 Å². The number of carbonyl (C=O) groups is 1. The fourth-order valence-corrected chi connectivity index (χ4v) is 2.69. The summed E-state index contributed by atoms with van der Waals surface area (Å²) >= 11 is 0. The maximum atomic E-state index is 13.1. The lowest BCUT2D eigenvalue weighted by Crippen LogP contribution is -2.46. The lowest BCUT2D eigenvalue weighted by molar-refractivity contribution is -0.144. The van der Waals surface area contributed by atoms with Gasteiger partial charge in [-0.2, -0.15) is 26.3 Å². The highest BCUT2D eigenvalue weighted by Crippen LogP contribution is 2.40. The minimum absolute atomic E-state index is 0.0593. The van der Waals surface area contributed by atoms with Crippen LogP contribution < -0.4 is 5.73 Å². The Balaban J connectivity index is 3.10. The summed E-state index contributed by atoms with van der Waals surface area (Å²) in [5.41, 5.74) is 0.476. The molecule has 3 nitrogen and oxygen atoms in total. The highest BCUT2D eigenvalue weighted by molar-refractivity contribution is 5.77. The normalized spacial score (nSPS) is 16.4. The van der Waals surface area contributed by atoms with Gasteiger partial charge < -0.3 is 10.8 Å². The van der Waals surface area contributed by atoms with E-state index in [9.17, 15) is 31.1 Å². The Morgan fingerprint density at radius 1 is 1.12 bits per heavy atom. The van der Waals surface area contributed by atoms with Gasteiger partial charge in [0.1, 0.15) is 5.54 Å². The van der Waals surface area contributed by atoms with Crippen LogP contribution in [-0.4, -0.2) is 16.6 Å². The van der Waals surface area contributed by atoms with Crippen molar-refractivity contribution in [2.45, 2.75) is 51.0 Å². The van der Waals surface area contributed by atoms with Crippen LogP contribution in [0.4, 0.5) is 26.3 Å². The SMILES string of the molecule is CC(CCc1c(C(F)(F)F)cccc1C(F)(F)F)CC(C)(N)C(=O)O. The van der Waals surface area contributed by atoms with Crippen LogP contribution in [0.25, 0.3) is 0 Å². The van der Waals surface area contributed by atoms with E-state index in [1.807, 2.05) is 0 Å². The number of rotatable bonds is 6. The molecule has 25 heavy (non-hydrogen) atoms. The second kappa shape index (κ2) is 7.23. The summed E-state index contributed by atoms with van der Waals surface area (Å²) in [6.07, 6.45) is -10.4. The van der Waals surface area contributed by atoms with Crippen molar-refractivity contribution in [2.75, 3.05) is 0 Å². The lowest BCUT2D eigenvalue weighted by Gasteiger charge is -2.24. The molecule has 1 aromatic carbocycles. The van der Waals surface area contributed by atoms with E-state index in [0.717, 1.165) is 6.07 Å². The van der Waals surface area contributed by atoms with Crippen LogP contribution in [0.3, 0.4) is 0 Å². The Morgan fingerprint density at radius 3 is 1.92 bits per heavy atom. The third kappa shape index (κ3) is 5.62. The fraction of sp³-hybridized carbons (Fsp3) is 0.562. The monoisotopic (exact) mass is 371 g/mol. The molecule has 142 valence electrons. The summed E-state index contributed by atoms with van der Waals surface area (Å²) in [6, 6.07) is 1.94. The number of benzene rings is 1. The number of hydrogen-bond donors (Lipinski definition) is 2. The zero-order valence-corrected chi connectivity index (χ0v) is 13.6. The van der Waals surface area contributed by atoms with Gasteiger partial charge in [-0.15, -0.1) is 0 Å². The van der Waals surface area contributed by atoms with Gasteiger partial charge in [0.15, 0.2) is 0 Å². The quantitative estimate of drug-likeness (QED) is 0.725. The Labute approximate surface area is 140 Å². The molecule has 0 saturated carbocycles. The molecular formula is C16H19F6NO2. The Kier molecular flexibility index (Phi) is 6.15. The maximum absolute atomic E-state index is 13.1. The Bertz CT molecular complexity index is 590. The second-order valence-corrected chi connectivity index (χ2v) is 6.40. The first-order valence-electron chi connectivity index (χ1n) is 7.45. The van der Waals surface area contributed by atoms with Gasteiger partial charge in [0, 0.05) is 0 Å². The molecule has 0 aliphatic heterocycles. The van der Waals surface area contributed by atoms with E-state index in [0.29, 0.717) is 12.1 Å². The van der Waals surface area contributed by atoms with E-state index < -0.39 is 52.9 Å². The zero-order chi connectivity index (χ0) is 19.6. The number of hydrogen-bond acceptors (Lipinski definition) is 2. The van der Waals surface area contributed by atoms with Gasteiger partial charge >= 0.3 is 18.3 Å². The van der Waals surface area contributed by atoms with E-state index in [2.05, 4.69) is 0 Å². The topological polar surface area (TPSA) is 63.3 Å². The highest BCUT2D eigenvalue weighted by Gasteiger charge is 2.40. The number of carboxylic acids is 1. The molecule has 2 unspecified atom stereocenters. The van der Waals surface area contributed by atoms with Crippen LogP contribution in [-0.2, 0) is 23.6 Å². The first-order chi connectivity index (χ1) is 11.2. The summed E-state index contributed by atoms with van der Waals surface area (Å²) in [5.74, 6) is -1.76. The minimum atomic E-state index is -4.91. The standard InChI is InChI=1S/C16H19F6NO2/c1-9(8-14(2,23)13(24)25)6-7-10-11(15(17,18)19)4-3-5-12(10)16(20,21)22/h3-5,9H,6-8,23H2,1-2H3,(H,24,25). The summed E-state index contributed by atoms with van der Waals surface area (Å²) in [4.78, 5) is 11.0. The summed E-state index contributed by atoms with van der Waals surface area (Å²) < 4.78 is 78.3. The van der Waals surface area contributed by atoms with Crippen molar-refractivity contribution in [3.05, 3.63) is 34.9 Å². The molecule has 0 spiro atoms. The third-order valence-corrected chi connectivity index (χ3v) is 3.94. The number of alkyl halides is 6. The van der Waals surface area contributed by atoms with E-state index in [1.165, 1.54) is 13.8 Å². The number of carboxylic acid groups (broad SMARTS) is 1. The van der Waals surface area contributed by atoms with Crippen LogP contribution in [0, 0.1) is 5.92 Å². The summed E-state index contributed by atoms with van der Waals surface area (Å²) in [6.45, 7) is 2.79. The first kappa shape index (κ1) is 21.3. The third-order valence-electron chi connectivity index (χ3n) is 3.94. The van der Waals surface area contributed by atoms with Gasteiger partial charge in [0.25, 0.3) is 0 Å². The predicted molar refractivity (Wildman–Crippen MR) is 78.8 cm³/mol. The molecule has 0 radical (unpaired) electrons. The van der Waals surface area contributed by atoms with Crippen molar-refractivity contribution in [1.29, 1.82) is 0 Å². The van der Waals surface area contributed by atoms with Crippen molar-refractivity contribution >= 4 is 5.97 Å². The molecule has 0 heterocycles. The number of aliphatic carboxylic acids is 1. The van der Waals surface area contributed by atoms with Crippen molar-refractivity contribution in [3.8, 4) is 0 Å². The van der Waals surface area contributed by atoms with Gasteiger partial charge in [-0.05, 0) is 49.8 Å². The average molecular weight is 371 g/mol. The molecule has 0 amide bonds. The van der Waals surface area contributed by atoms with Crippen molar-refractivity contribution in [1.82, 2.24) is 0 Å². The molecule has 0 aliphatic rings. The molecule has 3 N–H and O–H groups in total. The van der Waals surface area contributed by atoms with Gasteiger partial charge in [0.2, 0.25) is 0 Å². The van der Waals surface area contributed by atoms with Gasteiger partial charge in [-0.25, -0.2) is 0 Å². The van der Waals surface area contributed by atoms with Crippen LogP contribution in [0.1, 0.15) is 43.4 Å². The largest absolute Gasteiger partial charge is 0.480 e. The van der Waals surface area contributed by atoms with E-state index in [-0.39, 0.29) is 12.8 Å². The maximum Gasteiger partial charge on any atom is 0.416 e. The lowest BCUT2D eigenvalue weighted by atomic mass is 9.86.